The lowest BCUT2D eigenvalue weighted by atomic mass is 9.83. The molecule has 0 spiro atoms. The summed E-state index contributed by atoms with van der Waals surface area (Å²) in [7, 11) is -0.372. The van der Waals surface area contributed by atoms with Gasteiger partial charge in [0.15, 0.2) is 0 Å². The van der Waals surface area contributed by atoms with Crippen molar-refractivity contribution in [1.29, 1.82) is 0 Å². The van der Waals surface area contributed by atoms with E-state index in [9.17, 15) is 0 Å². The summed E-state index contributed by atoms with van der Waals surface area (Å²) in [5, 5.41) is 0. The first-order valence-corrected chi connectivity index (χ1v) is 6.97. The smallest absolute Gasteiger partial charge is 0.398 e. The summed E-state index contributed by atoms with van der Waals surface area (Å²) in [4.78, 5) is 4.73. The summed E-state index contributed by atoms with van der Waals surface area (Å²) in [5.41, 5.74) is 2.57. The second kappa shape index (κ2) is 4.60. The van der Waals surface area contributed by atoms with Crippen LogP contribution in [0.5, 0.6) is 0 Å². The first kappa shape index (κ1) is 14.5. The number of rotatable bonds is 2. The van der Waals surface area contributed by atoms with Gasteiger partial charge in [0.05, 0.1) is 16.8 Å². The van der Waals surface area contributed by atoms with Gasteiger partial charge >= 0.3 is 7.12 Å². The van der Waals surface area contributed by atoms with Crippen LogP contribution in [-0.2, 0) is 9.31 Å². The number of hydrogen-bond donors (Lipinski definition) is 0. The van der Waals surface area contributed by atoms with Gasteiger partial charge in [-0.15, -0.1) is 0 Å². The highest BCUT2D eigenvalue weighted by Gasteiger charge is 2.52. The van der Waals surface area contributed by atoms with Gasteiger partial charge in [-0.2, -0.15) is 0 Å². The third-order valence-electron chi connectivity index (χ3n) is 4.20. The number of pyridine rings is 1. The van der Waals surface area contributed by atoms with Crippen LogP contribution in [0.1, 0.15) is 58.7 Å². The highest BCUT2D eigenvalue weighted by Crippen LogP contribution is 2.36. The summed E-state index contributed by atoms with van der Waals surface area (Å²) in [6.45, 7) is 14.6. The van der Waals surface area contributed by atoms with Gasteiger partial charge in [-0.25, -0.2) is 0 Å². The molecule has 0 saturated carbocycles. The van der Waals surface area contributed by atoms with Crippen LogP contribution in [0.2, 0.25) is 0 Å². The van der Waals surface area contributed by atoms with Crippen molar-refractivity contribution in [1.82, 2.24) is 4.98 Å². The Kier molecular flexibility index (Phi) is 3.52. The maximum Gasteiger partial charge on any atom is 0.514 e. The number of aryl methyl sites for hydroxylation is 1. The zero-order chi connectivity index (χ0) is 14.4. The van der Waals surface area contributed by atoms with Crippen LogP contribution < -0.4 is 5.59 Å². The summed E-state index contributed by atoms with van der Waals surface area (Å²) < 4.78 is 12.1. The van der Waals surface area contributed by atoms with Gasteiger partial charge < -0.3 is 9.31 Å². The molecular weight excluding hydrogens is 237 g/mol. The number of aromatic nitrogens is 1. The average Bonchev–Trinajstić information content (AvgIpc) is 2.48. The predicted molar refractivity (Wildman–Crippen MR) is 78.8 cm³/mol. The SMILES string of the molecule is Cc1ccc(B2OC(C)(C)C(C)(C)O2)nc1C(C)C. The van der Waals surface area contributed by atoms with Gasteiger partial charge in [-0.05, 0) is 52.2 Å². The van der Waals surface area contributed by atoms with Crippen LogP contribution in [0, 0.1) is 6.92 Å². The molecular formula is C15H24BNO2. The number of hydrogen-bond acceptors (Lipinski definition) is 3. The minimum absolute atomic E-state index is 0.317. The fraction of sp³-hybridized carbons (Fsp3) is 0.667. The van der Waals surface area contributed by atoms with E-state index in [2.05, 4.69) is 54.5 Å². The van der Waals surface area contributed by atoms with Crippen molar-refractivity contribution in [3.05, 3.63) is 23.4 Å². The molecule has 1 aromatic heterocycles. The molecule has 1 saturated heterocycles. The van der Waals surface area contributed by atoms with E-state index in [1.165, 1.54) is 5.56 Å². The molecule has 0 unspecified atom stereocenters. The minimum Gasteiger partial charge on any atom is -0.398 e. The molecule has 1 aliphatic heterocycles. The summed E-state index contributed by atoms with van der Waals surface area (Å²) in [5.74, 6) is 0.405. The van der Waals surface area contributed by atoms with Gasteiger partial charge in [0.2, 0.25) is 0 Å². The predicted octanol–water partition coefficient (Wildman–Crippen LogP) is 2.81. The summed E-state index contributed by atoms with van der Waals surface area (Å²) >= 11 is 0. The van der Waals surface area contributed by atoms with Crippen LogP contribution in [0.3, 0.4) is 0 Å². The molecule has 0 N–H and O–H groups in total. The van der Waals surface area contributed by atoms with E-state index in [0.29, 0.717) is 5.92 Å². The largest absolute Gasteiger partial charge is 0.514 e. The van der Waals surface area contributed by atoms with Crippen molar-refractivity contribution in [2.45, 2.75) is 65.6 Å². The van der Waals surface area contributed by atoms with Crippen LogP contribution >= 0.6 is 0 Å². The van der Waals surface area contributed by atoms with E-state index >= 15 is 0 Å². The first-order valence-electron chi connectivity index (χ1n) is 6.97. The molecule has 2 rings (SSSR count). The van der Waals surface area contributed by atoms with E-state index in [1.807, 2.05) is 6.07 Å². The Morgan fingerprint density at radius 1 is 1.05 bits per heavy atom. The zero-order valence-corrected chi connectivity index (χ0v) is 13.1. The highest BCUT2D eigenvalue weighted by atomic mass is 16.7. The lowest BCUT2D eigenvalue weighted by Crippen LogP contribution is -2.41. The maximum absolute atomic E-state index is 6.04. The Balaban J connectivity index is 2.32. The molecule has 0 amide bonds. The topological polar surface area (TPSA) is 31.4 Å². The molecule has 2 heterocycles. The lowest BCUT2D eigenvalue weighted by molar-refractivity contribution is 0.00578. The van der Waals surface area contributed by atoms with Crippen molar-refractivity contribution in [3.8, 4) is 0 Å². The molecule has 0 radical (unpaired) electrons. The average molecular weight is 261 g/mol. The van der Waals surface area contributed by atoms with Crippen molar-refractivity contribution in [2.75, 3.05) is 0 Å². The van der Waals surface area contributed by atoms with E-state index in [4.69, 9.17) is 14.3 Å². The Morgan fingerprint density at radius 2 is 1.58 bits per heavy atom. The van der Waals surface area contributed by atoms with E-state index in [-0.39, 0.29) is 18.3 Å². The summed E-state index contributed by atoms with van der Waals surface area (Å²) in [6.07, 6.45) is 0. The monoisotopic (exact) mass is 261 g/mol. The van der Waals surface area contributed by atoms with Gasteiger partial charge in [-0.3, -0.25) is 4.98 Å². The molecule has 0 aliphatic carbocycles. The molecule has 1 aromatic rings. The van der Waals surface area contributed by atoms with E-state index in [1.54, 1.807) is 0 Å². The Hall–Kier alpha value is -0.865. The van der Waals surface area contributed by atoms with Crippen molar-refractivity contribution in [2.24, 2.45) is 0 Å². The fourth-order valence-corrected chi connectivity index (χ4v) is 2.24. The van der Waals surface area contributed by atoms with Gasteiger partial charge in [0.25, 0.3) is 0 Å². The molecule has 19 heavy (non-hydrogen) atoms. The molecule has 4 heteroatoms. The van der Waals surface area contributed by atoms with Crippen molar-refractivity contribution in [3.63, 3.8) is 0 Å². The van der Waals surface area contributed by atoms with E-state index < -0.39 is 0 Å². The standard InChI is InChI=1S/C15H24BNO2/c1-10(2)13-11(3)8-9-12(17-13)16-18-14(4,5)15(6,7)19-16/h8-10H,1-7H3. The van der Waals surface area contributed by atoms with Crippen LogP contribution in [0.4, 0.5) is 0 Å². The van der Waals surface area contributed by atoms with Crippen molar-refractivity contribution < 1.29 is 9.31 Å². The van der Waals surface area contributed by atoms with Crippen LogP contribution in [-0.4, -0.2) is 23.3 Å². The van der Waals surface area contributed by atoms with Crippen LogP contribution in [0.15, 0.2) is 12.1 Å². The Bertz CT molecular complexity index is 467. The van der Waals surface area contributed by atoms with Gasteiger partial charge in [-0.1, -0.05) is 19.9 Å². The molecule has 104 valence electrons. The third-order valence-corrected chi connectivity index (χ3v) is 4.20. The molecule has 0 aromatic carbocycles. The molecule has 1 aliphatic rings. The van der Waals surface area contributed by atoms with Gasteiger partial charge in [0, 0.05) is 5.69 Å². The molecule has 1 fully saturated rings. The molecule has 0 atom stereocenters. The van der Waals surface area contributed by atoms with Gasteiger partial charge in [0.1, 0.15) is 0 Å². The first-order chi connectivity index (χ1) is 8.64. The fourth-order valence-electron chi connectivity index (χ4n) is 2.24. The Labute approximate surface area is 116 Å². The Morgan fingerprint density at radius 3 is 2.05 bits per heavy atom. The van der Waals surface area contributed by atoms with E-state index in [0.717, 1.165) is 11.3 Å². The maximum atomic E-state index is 6.04. The zero-order valence-electron chi connectivity index (χ0n) is 13.1. The van der Waals surface area contributed by atoms with Crippen molar-refractivity contribution >= 4 is 12.7 Å². The third kappa shape index (κ3) is 2.56. The second-order valence-electron chi connectivity index (χ2n) is 6.68. The summed E-state index contributed by atoms with van der Waals surface area (Å²) in [6, 6.07) is 4.10. The molecule has 0 bridgehead atoms. The highest BCUT2D eigenvalue weighted by molar-refractivity contribution is 6.61. The minimum atomic E-state index is -0.372. The second-order valence-corrected chi connectivity index (χ2v) is 6.68. The number of nitrogens with zero attached hydrogens (tertiary/aromatic N) is 1. The molecule has 3 nitrogen and oxygen atoms in total. The van der Waals surface area contributed by atoms with Crippen LogP contribution in [0.25, 0.3) is 0 Å². The lowest BCUT2D eigenvalue weighted by Gasteiger charge is -2.32. The quantitative estimate of drug-likeness (QED) is 0.767. The normalized spacial score (nSPS) is 21.2.